The molecular formula is C39H26N6. The van der Waals surface area contributed by atoms with Gasteiger partial charge in [0, 0.05) is 34.0 Å². The van der Waals surface area contributed by atoms with Crippen molar-refractivity contribution < 1.29 is 0 Å². The topological polar surface area (TPSA) is 80.2 Å². The van der Waals surface area contributed by atoms with Crippen molar-refractivity contribution in [1.29, 1.82) is 0 Å². The van der Waals surface area contributed by atoms with E-state index in [0.29, 0.717) is 29.0 Å². The monoisotopic (exact) mass is 578 g/mol. The average Bonchev–Trinajstić information content (AvgIpc) is 3.62. The van der Waals surface area contributed by atoms with Gasteiger partial charge in [-0.3, -0.25) is 0 Å². The number of H-pyrrole nitrogens is 1. The van der Waals surface area contributed by atoms with Crippen LogP contribution < -0.4 is 0 Å². The van der Waals surface area contributed by atoms with Gasteiger partial charge in [-0.1, -0.05) is 133 Å². The van der Waals surface area contributed by atoms with Gasteiger partial charge in [-0.25, -0.2) is 24.9 Å². The van der Waals surface area contributed by atoms with Crippen LogP contribution in [0.3, 0.4) is 0 Å². The molecule has 8 rings (SSSR count). The predicted molar refractivity (Wildman–Crippen MR) is 180 cm³/mol. The molecule has 8 aromatic rings. The summed E-state index contributed by atoms with van der Waals surface area (Å²) in [4.78, 5) is 28.2. The molecule has 1 N–H and O–H groups in total. The molecule has 3 aromatic heterocycles. The molecule has 0 saturated carbocycles. The van der Waals surface area contributed by atoms with Gasteiger partial charge in [0.1, 0.15) is 5.69 Å². The highest BCUT2D eigenvalue weighted by Crippen LogP contribution is 2.31. The second kappa shape index (κ2) is 11.4. The van der Waals surface area contributed by atoms with Gasteiger partial charge < -0.3 is 4.98 Å². The molecule has 0 atom stereocenters. The van der Waals surface area contributed by atoms with Crippen LogP contribution in [0.15, 0.2) is 152 Å². The summed E-state index contributed by atoms with van der Waals surface area (Å²) >= 11 is 0. The van der Waals surface area contributed by atoms with Crippen LogP contribution in [0.2, 0.25) is 0 Å². The molecule has 0 radical (unpaired) electrons. The standard InChI is InChI=1S/C39H26N6/c1-4-11-27(12-5-1)33-25-34(42-36(41-33)29-13-6-2-7-14-29)39-44-37(30-15-8-3-9-16-30)43-38(45-39)31-21-19-26(20-22-31)32-18-10-17-28-23-24-40-35(28)32/h1-25,40H. The van der Waals surface area contributed by atoms with Crippen LogP contribution in [0, 0.1) is 0 Å². The Labute approximate surface area is 260 Å². The lowest BCUT2D eigenvalue weighted by Gasteiger charge is -2.11. The van der Waals surface area contributed by atoms with E-state index in [-0.39, 0.29) is 0 Å². The minimum absolute atomic E-state index is 0.482. The van der Waals surface area contributed by atoms with Crippen molar-refractivity contribution in [2.45, 2.75) is 0 Å². The molecule has 0 aliphatic rings. The Kier molecular flexibility index (Phi) is 6.70. The van der Waals surface area contributed by atoms with Gasteiger partial charge >= 0.3 is 0 Å². The van der Waals surface area contributed by atoms with Crippen molar-refractivity contribution in [1.82, 2.24) is 29.9 Å². The number of hydrogen-bond acceptors (Lipinski definition) is 5. The smallest absolute Gasteiger partial charge is 0.182 e. The number of benzene rings is 5. The van der Waals surface area contributed by atoms with Gasteiger partial charge in [0.05, 0.1) is 11.2 Å². The molecule has 6 heteroatoms. The van der Waals surface area contributed by atoms with Gasteiger partial charge in [-0.2, -0.15) is 0 Å². The summed E-state index contributed by atoms with van der Waals surface area (Å²) in [6.07, 6.45) is 1.97. The van der Waals surface area contributed by atoms with Crippen molar-refractivity contribution in [3.05, 3.63) is 152 Å². The first kappa shape index (κ1) is 26.4. The predicted octanol–water partition coefficient (Wildman–Crippen LogP) is 9.14. The molecule has 6 nitrogen and oxygen atoms in total. The van der Waals surface area contributed by atoms with Gasteiger partial charge in [0.2, 0.25) is 0 Å². The van der Waals surface area contributed by atoms with Crippen LogP contribution in [0.5, 0.6) is 0 Å². The highest BCUT2D eigenvalue weighted by Gasteiger charge is 2.17. The second-order valence-corrected chi connectivity index (χ2v) is 10.7. The van der Waals surface area contributed by atoms with Crippen molar-refractivity contribution >= 4 is 10.9 Å². The maximum atomic E-state index is 4.99. The Morgan fingerprint density at radius 3 is 1.51 bits per heavy atom. The lowest BCUT2D eigenvalue weighted by atomic mass is 10.0. The van der Waals surface area contributed by atoms with E-state index >= 15 is 0 Å². The third-order valence-corrected chi connectivity index (χ3v) is 7.77. The fourth-order valence-electron chi connectivity index (χ4n) is 5.50. The average molecular weight is 579 g/mol. The summed E-state index contributed by atoms with van der Waals surface area (Å²) in [5.74, 6) is 2.25. The second-order valence-electron chi connectivity index (χ2n) is 10.7. The Morgan fingerprint density at radius 1 is 0.356 bits per heavy atom. The summed E-state index contributed by atoms with van der Waals surface area (Å²) in [7, 11) is 0. The quantitative estimate of drug-likeness (QED) is 0.213. The van der Waals surface area contributed by atoms with Crippen molar-refractivity contribution in [2.24, 2.45) is 0 Å². The van der Waals surface area contributed by atoms with Crippen molar-refractivity contribution in [2.75, 3.05) is 0 Å². The lowest BCUT2D eigenvalue weighted by molar-refractivity contribution is 1.05. The van der Waals surface area contributed by atoms with E-state index in [4.69, 9.17) is 24.9 Å². The Morgan fingerprint density at radius 2 is 0.867 bits per heavy atom. The summed E-state index contributed by atoms with van der Waals surface area (Å²) in [5, 5.41) is 1.18. The first-order chi connectivity index (χ1) is 22.3. The number of nitrogens with one attached hydrogen (secondary N) is 1. The van der Waals surface area contributed by atoms with Gasteiger partial charge in [0.15, 0.2) is 23.3 Å². The lowest BCUT2D eigenvalue weighted by Crippen LogP contribution is -2.03. The number of aromatic amines is 1. The largest absolute Gasteiger partial charge is 0.361 e. The van der Waals surface area contributed by atoms with Crippen LogP contribution in [0.25, 0.3) is 79.0 Å². The summed E-state index contributed by atoms with van der Waals surface area (Å²) in [5.41, 5.74) is 8.49. The van der Waals surface area contributed by atoms with Gasteiger partial charge in [-0.05, 0) is 23.1 Å². The fourth-order valence-corrected chi connectivity index (χ4v) is 5.50. The molecule has 0 aliphatic heterocycles. The van der Waals surface area contributed by atoms with Crippen LogP contribution in [0.1, 0.15) is 0 Å². The molecule has 45 heavy (non-hydrogen) atoms. The van der Waals surface area contributed by atoms with E-state index in [1.807, 2.05) is 103 Å². The van der Waals surface area contributed by atoms with E-state index < -0.39 is 0 Å². The first-order valence-corrected chi connectivity index (χ1v) is 14.8. The normalized spacial score (nSPS) is 11.1. The zero-order valence-corrected chi connectivity index (χ0v) is 24.2. The molecule has 0 unspecified atom stereocenters. The van der Waals surface area contributed by atoms with E-state index in [2.05, 4.69) is 53.5 Å². The van der Waals surface area contributed by atoms with Crippen molar-refractivity contribution in [3.63, 3.8) is 0 Å². The highest BCUT2D eigenvalue weighted by atomic mass is 15.1. The number of fused-ring (bicyclic) bond motifs is 1. The molecule has 0 saturated heterocycles. The zero-order valence-electron chi connectivity index (χ0n) is 24.2. The van der Waals surface area contributed by atoms with Crippen LogP contribution in [0.4, 0.5) is 0 Å². The van der Waals surface area contributed by atoms with Crippen LogP contribution in [-0.2, 0) is 0 Å². The Bertz CT molecular complexity index is 2190. The van der Waals surface area contributed by atoms with Gasteiger partial charge in [0.25, 0.3) is 0 Å². The van der Waals surface area contributed by atoms with E-state index in [1.165, 1.54) is 5.39 Å². The number of nitrogens with zero attached hydrogens (tertiary/aromatic N) is 5. The van der Waals surface area contributed by atoms with E-state index in [0.717, 1.165) is 44.6 Å². The Hall–Kier alpha value is -6.27. The zero-order chi connectivity index (χ0) is 30.0. The number of hydrogen-bond donors (Lipinski definition) is 1. The molecule has 0 spiro atoms. The summed E-state index contributed by atoms with van der Waals surface area (Å²) in [6, 6.07) is 48.8. The highest BCUT2D eigenvalue weighted by molar-refractivity contribution is 5.94. The molecule has 5 aromatic carbocycles. The molecule has 212 valence electrons. The summed E-state index contributed by atoms with van der Waals surface area (Å²) < 4.78 is 0. The van der Waals surface area contributed by atoms with E-state index in [1.54, 1.807) is 0 Å². The third-order valence-electron chi connectivity index (χ3n) is 7.77. The fraction of sp³-hybridized carbons (Fsp3) is 0. The minimum atomic E-state index is 0.482. The minimum Gasteiger partial charge on any atom is -0.361 e. The molecular weight excluding hydrogens is 552 g/mol. The Balaban J connectivity index is 1.28. The molecule has 0 bridgehead atoms. The third kappa shape index (κ3) is 5.26. The summed E-state index contributed by atoms with van der Waals surface area (Å²) in [6.45, 7) is 0. The number of para-hydroxylation sites is 1. The van der Waals surface area contributed by atoms with Crippen LogP contribution >= 0.6 is 0 Å². The SMILES string of the molecule is c1ccc(-c2cc(-c3nc(-c4ccccc4)nc(-c4ccc(-c5cccc6cc[nH]c56)cc4)n3)nc(-c3ccccc3)n2)cc1. The first-order valence-electron chi connectivity index (χ1n) is 14.8. The maximum absolute atomic E-state index is 4.99. The van der Waals surface area contributed by atoms with Crippen LogP contribution in [-0.4, -0.2) is 29.9 Å². The number of rotatable bonds is 6. The molecule has 3 heterocycles. The maximum Gasteiger partial charge on any atom is 0.182 e. The van der Waals surface area contributed by atoms with Crippen molar-refractivity contribution in [3.8, 4) is 68.1 Å². The van der Waals surface area contributed by atoms with Gasteiger partial charge in [-0.15, -0.1) is 0 Å². The molecule has 0 fully saturated rings. The van der Waals surface area contributed by atoms with E-state index in [9.17, 15) is 0 Å². The molecule has 0 amide bonds. The molecule has 0 aliphatic carbocycles. The number of aromatic nitrogens is 6.